The summed E-state index contributed by atoms with van der Waals surface area (Å²) in [6.45, 7) is 3.85. The van der Waals surface area contributed by atoms with Gasteiger partial charge in [-0.25, -0.2) is 4.79 Å². The molecule has 0 saturated carbocycles. The Labute approximate surface area is 64.5 Å². The van der Waals surface area contributed by atoms with Crippen LogP contribution in [-0.2, 0) is 9.53 Å². The molecule has 0 amide bonds. The van der Waals surface area contributed by atoms with E-state index in [0.717, 1.165) is 0 Å². The third-order valence-electron chi connectivity index (χ3n) is 1.24. The maximum Gasteiger partial charge on any atom is 0.376 e. The third-order valence-corrected chi connectivity index (χ3v) is 1.24. The summed E-state index contributed by atoms with van der Waals surface area (Å²) in [5.74, 6) is -4.82. The number of hydrogen-bond acceptors (Lipinski definition) is 2. The van der Waals surface area contributed by atoms with Crippen LogP contribution in [0.3, 0.4) is 0 Å². The fourth-order valence-corrected chi connectivity index (χ4v) is 0.370. The molecule has 0 N–H and O–H groups in total. The molecule has 66 valence electrons. The molecule has 0 aromatic rings. The van der Waals surface area contributed by atoms with Gasteiger partial charge in [0.1, 0.15) is 0 Å². The van der Waals surface area contributed by atoms with Gasteiger partial charge in [-0.1, -0.05) is 6.92 Å². The molecule has 4 heteroatoms. The molecule has 0 radical (unpaired) electrons. The van der Waals surface area contributed by atoms with E-state index in [4.69, 9.17) is 0 Å². The van der Waals surface area contributed by atoms with Gasteiger partial charge in [0.15, 0.2) is 0 Å². The Bertz CT molecular complexity index is 140. The molecule has 0 saturated heterocycles. The first-order chi connectivity index (χ1) is 4.88. The summed E-state index contributed by atoms with van der Waals surface area (Å²) in [7, 11) is 0. The molecule has 2 nitrogen and oxygen atoms in total. The van der Waals surface area contributed by atoms with E-state index >= 15 is 0 Å². The lowest BCUT2D eigenvalue weighted by Gasteiger charge is -2.14. The molecular formula is C7H12F2O2. The summed E-state index contributed by atoms with van der Waals surface area (Å²) in [5.41, 5.74) is 0. The molecule has 0 aromatic carbocycles. The second kappa shape index (κ2) is 3.64. The van der Waals surface area contributed by atoms with Crippen LogP contribution in [0.15, 0.2) is 0 Å². The number of carbonyl (C=O) groups is 1. The fraction of sp³-hybridized carbons (Fsp3) is 0.857. The molecular weight excluding hydrogens is 154 g/mol. The van der Waals surface area contributed by atoms with Crippen LogP contribution in [0.25, 0.3) is 0 Å². The highest BCUT2D eigenvalue weighted by Gasteiger charge is 2.34. The lowest BCUT2D eigenvalue weighted by molar-refractivity contribution is -0.174. The Kier molecular flexibility index (Phi) is 3.42. The van der Waals surface area contributed by atoms with Crippen LogP contribution < -0.4 is 0 Å². The topological polar surface area (TPSA) is 26.3 Å². The predicted molar refractivity (Wildman–Crippen MR) is 36.5 cm³/mol. The van der Waals surface area contributed by atoms with Gasteiger partial charge in [0.05, 0.1) is 6.10 Å². The van der Waals surface area contributed by atoms with Crippen LogP contribution >= 0.6 is 0 Å². The first kappa shape index (κ1) is 10.3. The molecule has 0 bridgehead atoms. The minimum Gasteiger partial charge on any atom is -0.458 e. The molecule has 0 aromatic heterocycles. The van der Waals surface area contributed by atoms with Crippen molar-refractivity contribution in [2.24, 2.45) is 0 Å². The van der Waals surface area contributed by atoms with Gasteiger partial charge in [-0.3, -0.25) is 0 Å². The van der Waals surface area contributed by atoms with Gasteiger partial charge in [0.2, 0.25) is 0 Å². The molecule has 0 spiro atoms. The number of halogens is 2. The summed E-state index contributed by atoms with van der Waals surface area (Å²) in [5, 5.41) is 0. The van der Waals surface area contributed by atoms with Crippen molar-refractivity contribution in [2.45, 2.75) is 39.2 Å². The summed E-state index contributed by atoms with van der Waals surface area (Å²) in [4.78, 5) is 10.5. The van der Waals surface area contributed by atoms with Crippen LogP contribution in [0.1, 0.15) is 27.2 Å². The van der Waals surface area contributed by atoms with Gasteiger partial charge < -0.3 is 4.74 Å². The summed E-state index contributed by atoms with van der Waals surface area (Å²) >= 11 is 0. The number of esters is 1. The highest BCUT2D eigenvalue weighted by Crippen LogP contribution is 2.15. The normalized spacial score (nSPS) is 14.3. The van der Waals surface area contributed by atoms with E-state index in [2.05, 4.69) is 4.74 Å². The Balaban J connectivity index is 3.88. The van der Waals surface area contributed by atoms with Crippen molar-refractivity contribution in [2.75, 3.05) is 0 Å². The molecule has 11 heavy (non-hydrogen) atoms. The van der Waals surface area contributed by atoms with Crippen LogP contribution in [0.4, 0.5) is 8.78 Å². The zero-order valence-electron chi connectivity index (χ0n) is 6.86. The minimum absolute atomic E-state index is 0.437. The molecule has 1 atom stereocenters. The first-order valence-corrected chi connectivity index (χ1v) is 3.46. The van der Waals surface area contributed by atoms with Crippen molar-refractivity contribution in [1.29, 1.82) is 0 Å². The Hall–Kier alpha value is -0.670. The van der Waals surface area contributed by atoms with Crippen molar-refractivity contribution in [3.05, 3.63) is 0 Å². The molecule has 0 heterocycles. The van der Waals surface area contributed by atoms with Crippen LogP contribution in [0.2, 0.25) is 0 Å². The van der Waals surface area contributed by atoms with Gasteiger partial charge in [0.25, 0.3) is 0 Å². The highest BCUT2D eigenvalue weighted by atomic mass is 19.3. The number of carbonyl (C=O) groups excluding carboxylic acids is 1. The van der Waals surface area contributed by atoms with E-state index in [1.807, 2.05) is 0 Å². The SMILES string of the molecule is CCC(C)OC(=O)C(C)(F)F. The van der Waals surface area contributed by atoms with Gasteiger partial charge >= 0.3 is 11.9 Å². The summed E-state index contributed by atoms with van der Waals surface area (Å²) < 4.78 is 28.7. The van der Waals surface area contributed by atoms with E-state index in [0.29, 0.717) is 13.3 Å². The molecule has 1 unspecified atom stereocenters. The number of rotatable bonds is 3. The first-order valence-electron chi connectivity index (χ1n) is 3.46. The van der Waals surface area contributed by atoms with Gasteiger partial charge in [-0.2, -0.15) is 8.78 Å². The zero-order valence-corrected chi connectivity index (χ0v) is 6.86. The van der Waals surface area contributed by atoms with Gasteiger partial charge in [-0.15, -0.1) is 0 Å². The van der Waals surface area contributed by atoms with E-state index in [9.17, 15) is 13.6 Å². The lowest BCUT2D eigenvalue weighted by Crippen LogP contribution is -2.29. The minimum atomic E-state index is -3.37. The number of ether oxygens (including phenoxy) is 1. The van der Waals surface area contributed by atoms with Gasteiger partial charge in [-0.05, 0) is 13.3 Å². The van der Waals surface area contributed by atoms with Crippen molar-refractivity contribution in [3.63, 3.8) is 0 Å². The third kappa shape index (κ3) is 3.91. The monoisotopic (exact) mass is 166 g/mol. The Morgan fingerprint density at radius 3 is 2.36 bits per heavy atom. The lowest BCUT2D eigenvalue weighted by atomic mass is 10.3. The van der Waals surface area contributed by atoms with Crippen molar-refractivity contribution in [3.8, 4) is 0 Å². The highest BCUT2D eigenvalue weighted by molar-refractivity contribution is 5.77. The maximum absolute atomic E-state index is 12.1. The van der Waals surface area contributed by atoms with E-state index in [1.165, 1.54) is 0 Å². The summed E-state index contributed by atoms with van der Waals surface area (Å²) in [6, 6.07) is 0. The average molecular weight is 166 g/mol. The predicted octanol–water partition coefficient (Wildman–Crippen LogP) is 1.98. The summed E-state index contributed by atoms with van der Waals surface area (Å²) in [6.07, 6.45) is 0.107. The molecule has 0 aliphatic heterocycles. The second-order valence-electron chi connectivity index (χ2n) is 2.51. The second-order valence-corrected chi connectivity index (χ2v) is 2.51. The molecule has 0 aliphatic carbocycles. The Morgan fingerprint density at radius 2 is 2.09 bits per heavy atom. The van der Waals surface area contributed by atoms with Crippen LogP contribution in [-0.4, -0.2) is 18.0 Å². The van der Waals surface area contributed by atoms with Crippen molar-refractivity contribution < 1.29 is 18.3 Å². The van der Waals surface area contributed by atoms with E-state index in [1.54, 1.807) is 13.8 Å². The zero-order chi connectivity index (χ0) is 9.07. The average Bonchev–Trinajstić information content (AvgIpc) is 1.85. The van der Waals surface area contributed by atoms with Crippen LogP contribution in [0.5, 0.6) is 0 Å². The Morgan fingerprint density at radius 1 is 1.64 bits per heavy atom. The van der Waals surface area contributed by atoms with E-state index in [-0.39, 0.29) is 0 Å². The molecule has 0 fully saturated rings. The number of hydrogen-bond donors (Lipinski definition) is 0. The smallest absolute Gasteiger partial charge is 0.376 e. The molecule has 0 rings (SSSR count). The van der Waals surface area contributed by atoms with Gasteiger partial charge in [0, 0.05) is 6.92 Å². The largest absolute Gasteiger partial charge is 0.458 e. The maximum atomic E-state index is 12.1. The quantitative estimate of drug-likeness (QED) is 0.599. The fourth-order valence-electron chi connectivity index (χ4n) is 0.370. The standard InChI is InChI=1S/C7H12F2O2/c1-4-5(2)11-6(10)7(3,8)9/h5H,4H2,1-3H3. The van der Waals surface area contributed by atoms with E-state index < -0.39 is 18.0 Å². The number of alkyl halides is 2. The van der Waals surface area contributed by atoms with Crippen LogP contribution in [0, 0.1) is 0 Å². The molecule has 0 aliphatic rings. The van der Waals surface area contributed by atoms with Crippen molar-refractivity contribution >= 4 is 5.97 Å². The van der Waals surface area contributed by atoms with Crippen molar-refractivity contribution in [1.82, 2.24) is 0 Å².